The van der Waals surface area contributed by atoms with Crippen LogP contribution in [-0.4, -0.2) is 19.9 Å². The zero-order chi connectivity index (χ0) is 20.5. The van der Waals surface area contributed by atoms with Crippen LogP contribution < -0.4 is 9.47 Å². The second-order valence-corrected chi connectivity index (χ2v) is 7.48. The van der Waals surface area contributed by atoms with Crippen LogP contribution in [-0.2, 0) is 0 Å². The Bertz CT molecular complexity index is 946. The fourth-order valence-corrected chi connectivity index (χ4v) is 4.63. The lowest BCUT2D eigenvalue weighted by molar-refractivity contribution is 0.275. The average molecular weight is 374 g/mol. The number of nitriles is 3. The second kappa shape index (κ2) is 7.37. The van der Waals surface area contributed by atoms with E-state index in [-0.39, 0.29) is 11.6 Å². The maximum absolute atomic E-state index is 10.1. The number of benzene rings is 1. The highest BCUT2D eigenvalue weighted by Gasteiger charge is 2.58. The fraction of sp³-hybridized carbons (Fsp3) is 0.455. The lowest BCUT2D eigenvalue weighted by Gasteiger charge is -2.47. The van der Waals surface area contributed by atoms with Crippen LogP contribution in [0.5, 0.6) is 11.5 Å². The van der Waals surface area contributed by atoms with Crippen molar-refractivity contribution in [1.82, 2.24) is 0 Å². The van der Waals surface area contributed by atoms with E-state index < -0.39 is 17.3 Å². The Balaban J connectivity index is 2.33. The number of nitrogens with zero attached hydrogens (tertiary/aromatic N) is 3. The van der Waals surface area contributed by atoms with Crippen LogP contribution in [0.4, 0.5) is 0 Å². The van der Waals surface area contributed by atoms with Crippen molar-refractivity contribution in [3.8, 4) is 29.7 Å². The monoisotopic (exact) mass is 374 g/mol. The van der Waals surface area contributed by atoms with Gasteiger partial charge in [0.1, 0.15) is 17.4 Å². The van der Waals surface area contributed by atoms with Gasteiger partial charge in [-0.15, -0.1) is 0 Å². The zero-order valence-electron chi connectivity index (χ0n) is 16.2. The summed E-state index contributed by atoms with van der Waals surface area (Å²) in [5.41, 5.74) is -0.372. The number of rotatable bonds is 3. The van der Waals surface area contributed by atoms with Gasteiger partial charge in [-0.2, -0.15) is 15.8 Å². The van der Waals surface area contributed by atoms with Crippen molar-refractivity contribution in [2.24, 2.45) is 23.2 Å². The van der Waals surface area contributed by atoms with Crippen LogP contribution in [0.15, 0.2) is 29.8 Å². The molecule has 0 spiro atoms. The van der Waals surface area contributed by atoms with E-state index in [2.05, 4.69) is 25.1 Å². The smallest absolute Gasteiger partial charge is 0.189 e. The number of methoxy groups -OCH3 is 2. The molecule has 1 aromatic carbocycles. The van der Waals surface area contributed by atoms with E-state index in [1.807, 2.05) is 6.08 Å². The zero-order valence-corrected chi connectivity index (χ0v) is 16.2. The first kappa shape index (κ1) is 19.5. The van der Waals surface area contributed by atoms with Crippen molar-refractivity contribution in [1.29, 1.82) is 21.2 Å². The molecule has 28 heavy (non-hydrogen) atoms. The molecule has 0 saturated heterocycles. The van der Waals surface area contributed by atoms with Gasteiger partial charge < -0.3 is 14.9 Å². The van der Waals surface area contributed by atoms with Gasteiger partial charge >= 0.3 is 0 Å². The van der Waals surface area contributed by atoms with Gasteiger partial charge in [0.15, 0.2) is 5.41 Å². The molecule has 2 aliphatic carbocycles. The lowest BCUT2D eigenvalue weighted by Crippen LogP contribution is -2.49. The minimum absolute atomic E-state index is 0.146. The third kappa shape index (κ3) is 2.72. The summed E-state index contributed by atoms with van der Waals surface area (Å²) in [6, 6.07) is 11.7. The maximum Gasteiger partial charge on any atom is 0.189 e. The molecule has 0 heterocycles. The normalized spacial score (nSPS) is 28.0. The molecule has 4 atom stereocenters. The molecule has 6 heteroatoms. The molecular formula is C22H22N4O2. The fourth-order valence-electron chi connectivity index (χ4n) is 4.63. The minimum Gasteiger partial charge on any atom is -0.497 e. The van der Waals surface area contributed by atoms with Crippen LogP contribution in [0, 0.1) is 62.6 Å². The summed E-state index contributed by atoms with van der Waals surface area (Å²) in [7, 11) is 3.09. The molecule has 0 bridgehead atoms. The van der Waals surface area contributed by atoms with Crippen molar-refractivity contribution in [3.05, 3.63) is 35.4 Å². The Morgan fingerprint density at radius 2 is 1.86 bits per heavy atom. The molecule has 0 aromatic heterocycles. The molecule has 0 radical (unpaired) electrons. The third-order valence-corrected chi connectivity index (χ3v) is 6.01. The molecule has 1 aromatic rings. The van der Waals surface area contributed by atoms with Crippen molar-refractivity contribution < 1.29 is 9.47 Å². The van der Waals surface area contributed by atoms with Gasteiger partial charge in [0, 0.05) is 11.5 Å². The number of nitrogens with one attached hydrogen (secondary N) is 1. The molecular weight excluding hydrogens is 352 g/mol. The van der Waals surface area contributed by atoms with Crippen LogP contribution in [0.2, 0.25) is 0 Å². The first-order valence-corrected chi connectivity index (χ1v) is 9.20. The van der Waals surface area contributed by atoms with E-state index in [0.717, 1.165) is 18.4 Å². The molecule has 0 aliphatic heterocycles. The Labute approximate surface area is 165 Å². The molecule has 0 amide bonds. The Morgan fingerprint density at radius 3 is 2.43 bits per heavy atom. The van der Waals surface area contributed by atoms with E-state index in [1.165, 1.54) is 7.11 Å². The van der Waals surface area contributed by atoms with Crippen molar-refractivity contribution in [2.45, 2.75) is 25.7 Å². The van der Waals surface area contributed by atoms with Crippen LogP contribution in [0.1, 0.15) is 31.2 Å². The highest BCUT2D eigenvalue weighted by Crippen LogP contribution is 2.57. The van der Waals surface area contributed by atoms with Gasteiger partial charge in [0.2, 0.25) is 0 Å². The first-order valence-electron chi connectivity index (χ1n) is 9.20. The molecule has 3 rings (SSSR count). The van der Waals surface area contributed by atoms with E-state index in [9.17, 15) is 15.8 Å². The van der Waals surface area contributed by atoms with E-state index in [0.29, 0.717) is 23.0 Å². The predicted octanol–water partition coefficient (Wildman–Crippen LogP) is 3.97. The summed E-state index contributed by atoms with van der Waals surface area (Å²) < 4.78 is 10.9. The standard InChI is InChI=1S/C22H22N4O2/c1-13-4-6-15-16(8-13)20(17-9-14(27-2)5-7-19(17)28-3)22(11-24,12-25)21(26)18(15)10-23/h5-7,9,13,16,18,20,26H,4,8H2,1-3H3/t13?,16-,18?,20-/m0/s1. The molecule has 1 N–H and O–H groups in total. The van der Waals surface area contributed by atoms with Crippen LogP contribution >= 0.6 is 0 Å². The molecule has 1 saturated carbocycles. The second-order valence-electron chi connectivity index (χ2n) is 7.48. The third-order valence-electron chi connectivity index (χ3n) is 6.01. The highest BCUT2D eigenvalue weighted by molar-refractivity contribution is 6.01. The summed E-state index contributed by atoms with van der Waals surface area (Å²) in [6.45, 7) is 2.12. The van der Waals surface area contributed by atoms with Gasteiger partial charge in [-0.1, -0.05) is 13.0 Å². The summed E-state index contributed by atoms with van der Waals surface area (Å²) in [5, 5.41) is 38.6. The van der Waals surface area contributed by atoms with Gasteiger partial charge in [-0.25, -0.2) is 0 Å². The summed E-state index contributed by atoms with van der Waals surface area (Å²) >= 11 is 0. The maximum atomic E-state index is 10.1. The number of ether oxygens (including phenoxy) is 2. The predicted molar refractivity (Wildman–Crippen MR) is 103 cm³/mol. The van der Waals surface area contributed by atoms with E-state index in [1.54, 1.807) is 25.3 Å². The lowest BCUT2D eigenvalue weighted by atomic mass is 9.52. The average Bonchev–Trinajstić information content (AvgIpc) is 2.72. The quantitative estimate of drug-likeness (QED) is 0.804. The summed E-state index contributed by atoms with van der Waals surface area (Å²) in [6.07, 6.45) is 3.60. The highest BCUT2D eigenvalue weighted by atomic mass is 16.5. The summed E-state index contributed by atoms with van der Waals surface area (Å²) in [4.78, 5) is 0. The van der Waals surface area contributed by atoms with Gasteiger partial charge in [-0.05, 0) is 48.4 Å². The Morgan fingerprint density at radius 1 is 1.14 bits per heavy atom. The Hall–Kier alpha value is -3.30. The van der Waals surface area contributed by atoms with Gasteiger partial charge in [0.05, 0.1) is 38.1 Å². The SMILES string of the molecule is COc1ccc(OC)c([C@@H]2[C@H]3CC(C)CC=C3C(C#N)C(=N)C2(C#N)C#N)c1. The summed E-state index contributed by atoms with van der Waals surface area (Å²) in [5.74, 6) is -0.161. The van der Waals surface area contributed by atoms with Crippen LogP contribution in [0.25, 0.3) is 0 Å². The van der Waals surface area contributed by atoms with Crippen molar-refractivity contribution >= 4 is 5.71 Å². The molecule has 142 valence electrons. The van der Waals surface area contributed by atoms with E-state index >= 15 is 0 Å². The molecule has 1 fully saturated rings. The number of hydrogen-bond acceptors (Lipinski definition) is 6. The van der Waals surface area contributed by atoms with Crippen LogP contribution in [0.3, 0.4) is 0 Å². The van der Waals surface area contributed by atoms with Gasteiger partial charge in [-0.3, -0.25) is 0 Å². The van der Waals surface area contributed by atoms with E-state index in [4.69, 9.17) is 14.9 Å². The molecule has 2 unspecified atom stereocenters. The Kier molecular flexibility index (Phi) is 5.12. The molecule has 6 nitrogen and oxygen atoms in total. The minimum atomic E-state index is -1.74. The topological polar surface area (TPSA) is 114 Å². The first-order chi connectivity index (χ1) is 13.5. The van der Waals surface area contributed by atoms with Crippen molar-refractivity contribution in [3.63, 3.8) is 0 Å². The van der Waals surface area contributed by atoms with Crippen molar-refractivity contribution in [2.75, 3.05) is 14.2 Å². The number of fused-ring (bicyclic) bond motifs is 1. The number of hydrogen-bond donors (Lipinski definition) is 1. The number of allylic oxidation sites excluding steroid dienone is 2. The largest absolute Gasteiger partial charge is 0.497 e. The van der Waals surface area contributed by atoms with Gasteiger partial charge in [0.25, 0.3) is 0 Å². The molecule has 2 aliphatic rings.